The molecule has 6 heteroatoms. The first kappa shape index (κ1) is 14.0. The summed E-state index contributed by atoms with van der Waals surface area (Å²) in [4.78, 5) is 14.8. The first-order valence-corrected chi connectivity index (χ1v) is 8.06. The van der Waals surface area contributed by atoms with Crippen LogP contribution in [0.25, 0.3) is 10.2 Å². The highest BCUT2D eigenvalue weighted by molar-refractivity contribution is 7.16. The molecular weight excluding hydrogens is 282 g/mol. The molecule has 5 nitrogen and oxygen atoms in total. The largest absolute Gasteiger partial charge is 0.370 e. The van der Waals surface area contributed by atoms with E-state index in [1.165, 1.54) is 0 Å². The fourth-order valence-corrected chi connectivity index (χ4v) is 3.16. The SMILES string of the molecule is CCNc1nc(Cn2ccnc2C(C)C)nc2sccc12. The maximum atomic E-state index is 4.67. The molecule has 3 heterocycles. The Balaban J connectivity index is 1.98. The molecule has 3 aromatic rings. The number of rotatable bonds is 5. The van der Waals surface area contributed by atoms with Crippen LogP contribution in [0.3, 0.4) is 0 Å². The molecular formula is C15H19N5S. The quantitative estimate of drug-likeness (QED) is 0.783. The third-order valence-electron chi connectivity index (χ3n) is 3.29. The summed E-state index contributed by atoms with van der Waals surface area (Å²) >= 11 is 1.65. The van der Waals surface area contributed by atoms with Crippen molar-refractivity contribution in [1.29, 1.82) is 0 Å². The molecule has 0 aliphatic rings. The van der Waals surface area contributed by atoms with Crippen molar-refractivity contribution in [1.82, 2.24) is 19.5 Å². The monoisotopic (exact) mass is 301 g/mol. The number of imidazole rings is 1. The number of anilines is 1. The molecule has 0 aromatic carbocycles. The molecule has 0 aliphatic heterocycles. The second-order valence-electron chi connectivity index (χ2n) is 5.23. The lowest BCUT2D eigenvalue weighted by atomic mass is 10.2. The van der Waals surface area contributed by atoms with Crippen LogP contribution in [0.2, 0.25) is 0 Å². The Hall–Kier alpha value is -1.95. The van der Waals surface area contributed by atoms with Crippen LogP contribution >= 0.6 is 11.3 Å². The van der Waals surface area contributed by atoms with Gasteiger partial charge >= 0.3 is 0 Å². The predicted octanol–water partition coefficient (Wildman–Crippen LogP) is 3.49. The molecule has 1 N–H and O–H groups in total. The summed E-state index contributed by atoms with van der Waals surface area (Å²) < 4.78 is 2.12. The van der Waals surface area contributed by atoms with Gasteiger partial charge in [-0.05, 0) is 18.4 Å². The number of fused-ring (bicyclic) bond motifs is 1. The summed E-state index contributed by atoms with van der Waals surface area (Å²) in [5.74, 6) is 3.19. The van der Waals surface area contributed by atoms with Crippen LogP contribution in [0.1, 0.15) is 38.3 Å². The van der Waals surface area contributed by atoms with Gasteiger partial charge < -0.3 is 9.88 Å². The molecule has 0 bridgehead atoms. The fourth-order valence-electron chi connectivity index (χ4n) is 2.38. The molecule has 21 heavy (non-hydrogen) atoms. The number of nitrogens with zero attached hydrogens (tertiary/aromatic N) is 4. The molecule has 0 radical (unpaired) electrons. The fraction of sp³-hybridized carbons (Fsp3) is 0.400. The molecule has 0 amide bonds. The van der Waals surface area contributed by atoms with Crippen molar-refractivity contribution in [2.75, 3.05) is 11.9 Å². The molecule has 0 spiro atoms. The van der Waals surface area contributed by atoms with E-state index < -0.39 is 0 Å². The normalized spacial score (nSPS) is 11.4. The predicted molar refractivity (Wildman–Crippen MR) is 87.0 cm³/mol. The molecule has 0 saturated carbocycles. The third kappa shape index (κ3) is 2.76. The average molecular weight is 301 g/mol. The van der Waals surface area contributed by atoms with Gasteiger partial charge in [-0.1, -0.05) is 13.8 Å². The van der Waals surface area contributed by atoms with Crippen molar-refractivity contribution in [3.8, 4) is 0 Å². The summed E-state index contributed by atoms with van der Waals surface area (Å²) in [5.41, 5.74) is 0. The van der Waals surface area contributed by atoms with E-state index in [-0.39, 0.29) is 0 Å². The second kappa shape index (κ2) is 5.81. The Morgan fingerprint density at radius 1 is 1.33 bits per heavy atom. The molecule has 3 aromatic heterocycles. The Morgan fingerprint density at radius 3 is 2.95 bits per heavy atom. The van der Waals surface area contributed by atoms with Crippen molar-refractivity contribution >= 4 is 27.4 Å². The highest BCUT2D eigenvalue weighted by atomic mass is 32.1. The second-order valence-corrected chi connectivity index (χ2v) is 6.12. The van der Waals surface area contributed by atoms with Gasteiger partial charge in [-0.3, -0.25) is 0 Å². The average Bonchev–Trinajstić information content (AvgIpc) is 3.07. The molecule has 110 valence electrons. The molecule has 0 unspecified atom stereocenters. The van der Waals surface area contributed by atoms with Gasteiger partial charge in [-0.15, -0.1) is 11.3 Å². The Kier molecular flexibility index (Phi) is 3.88. The minimum Gasteiger partial charge on any atom is -0.370 e. The number of thiophene rings is 1. The van der Waals surface area contributed by atoms with E-state index in [1.807, 2.05) is 12.4 Å². The molecule has 0 saturated heterocycles. The van der Waals surface area contributed by atoms with Crippen LogP contribution in [0.5, 0.6) is 0 Å². The lowest BCUT2D eigenvalue weighted by Gasteiger charge is -2.11. The summed E-state index contributed by atoms with van der Waals surface area (Å²) in [6, 6.07) is 2.07. The summed E-state index contributed by atoms with van der Waals surface area (Å²) in [7, 11) is 0. The maximum absolute atomic E-state index is 4.67. The molecule has 3 rings (SSSR count). The Bertz CT molecular complexity index is 743. The van der Waals surface area contributed by atoms with Crippen LogP contribution in [0.15, 0.2) is 23.8 Å². The Morgan fingerprint density at radius 2 is 2.19 bits per heavy atom. The van der Waals surface area contributed by atoms with E-state index in [1.54, 1.807) is 11.3 Å². The first-order chi connectivity index (χ1) is 10.2. The van der Waals surface area contributed by atoms with Crippen molar-refractivity contribution in [3.05, 3.63) is 35.5 Å². The van der Waals surface area contributed by atoms with Gasteiger partial charge in [0.1, 0.15) is 16.5 Å². The van der Waals surface area contributed by atoms with Gasteiger partial charge in [-0.2, -0.15) is 0 Å². The number of nitrogens with one attached hydrogen (secondary N) is 1. The summed E-state index contributed by atoms with van der Waals surface area (Å²) in [6.07, 6.45) is 3.83. The Labute approximate surface area is 128 Å². The third-order valence-corrected chi connectivity index (χ3v) is 4.10. The summed E-state index contributed by atoms with van der Waals surface area (Å²) in [6.45, 7) is 7.87. The molecule has 0 atom stereocenters. The number of aromatic nitrogens is 4. The summed E-state index contributed by atoms with van der Waals surface area (Å²) in [5, 5.41) is 6.48. The van der Waals surface area contributed by atoms with Gasteiger partial charge in [0, 0.05) is 24.9 Å². The van der Waals surface area contributed by atoms with E-state index in [2.05, 4.69) is 57.1 Å². The van der Waals surface area contributed by atoms with Crippen molar-refractivity contribution in [2.45, 2.75) is 33.2 Å². The van der Waals surface area contributed by atoms with E-state index in [0.29, 0.717) is 12.5 Å². The van der Waals surface area contributed by atoms with E-state index in [4.69, 9.17) is 0 Å². The highest BCUT2D eigenvalue weighted by Crippen LogP contribution is 2.25. The lowest BCUT2D eigenvalue weighted by molar-refractivity contribution is 0.652. The standard InChI is InChI=1S/C15H19N5S/c1-4-16-13-11-5-8-21-15(11)19-12(18-13)9-20-7-6-17-14(20)10(2)3/h5-8,10H,4,9H2,1-3H3,(H,16,18,19). The maximum Gasteiger partial charge on any atom is 0.152 e. The molecule has 0 fully saturated rings. The number of hydrogen-bond donors (Lipinski definition) is 1. The van der Waals surface area contributed by atoms with Crippen LogP contribution in [-0.4, -0.2) is 26.1 Å². The van der Waals surface area contributed by atoms with Crippen molar-refractivity contribution < 1.29 is 0 Å². The van der Waals surface area contributed by atoms with Gasteiger partial charge in [0.15, 0.2) is 5.82 Å². The minimum atomic E-state index is 0.388. The van der Waals surface area contributed by atoms with Gasteiger partial charge in [0.05, 0.1) is 11.9 Å². The van der Waals surface area contributed by atoms with E-state index in [0.717, 1.165) is 34.2 Å². The zero-order valence-corrected chi connectivity index (χ0v) is 13.3. The van der Waals surface area contributed by atoms with Crippen LogP contribution < -0.4 is 5.32 Å². The topological polar surface area (TPSA) is 55.6 Å². The molecule has 0 aliphatic carbocycles. The minimum absolute atomic E-state index is 0.388. The zero-order valence-electron chi connectivity index (χ0n) is 12.5. The van der Waals surface area contributed by atoms with Gasteiger partial charge in [0.25, 0.3) is 0 Å². The van der Waals surface area contributed by atoms with Gasteiger partial charge in [0.2, 0.25) is 0 Å². The first-order valence-electron chi connectivity index (χ1n) is 7.18. The van der Waals surface area contributed by atoms with E-state index in [9.17, 15) is 0 Å². The van der Waals surface area contributed by atoms with Crippen LogP contribution in [-0.2, 0) is 6.54 Å². The van der Waals surface area contributed by atoms with E-state index >= 15 is 0 Å². The zero-order chi connectivity index (χ0) is 14.8. The number of hydrogen-bond acceptors (Lipinski definition) is 5. The lowest BCUT2D eigenvalue weighted by Crippen LogP contribution is -2.10. The highest BCUT2D eigenvalue weighted by Gasteiger charge is 2.12. The van der Waals surface area contributed by atoms with Crippen molar-refractivity contribution in [3.63, 3.8) is 0 Å². The van der Waals surface area contributed by atoms with Crippen molar-refractivity contribution in [2.24, 2.45) is 0 Å². The van der Waals surface area contributed by atoms with Crippen LogP contribution in [0, 0.1) is 0 Å². The van der Waals surface area contributed by atoms with Gasteiger partial charge in [-0.25, -0.2) is 15.0 Å². The smallest absolute Gasteiger partial charge is 0.152 e. The van der Waals surface area contributed by atoms with Crippen LogP contribution in [0.4, 0.5) is 5.82 Å².